The Kier molecular flexibility index (Phi) is 11.6. The van der Waals surface area contributed by atoms with E-state index in [0.717, 1.165) is 38.6 Å². The number of hydrogen-bond acceptors (Lipinski definition) is 5. The van der Waals surface area contributed by atoms with Gasteiger partial charge in [-0.1, -0.05) is 0 Å². The highest BCUT2D eigenvalue weighted by Gasteiger charge is 2.05. The number of aromatic hydroxyl groups is 1. The molecule has 152 valence electrons. The van der Waals surface area contributed by atoms with Gasteiger partial charge in [-0.25, -0.2) is 0 Å². The van der Waals surface area contributed by atoms with E-state index < -0.39 is 0 Å². The van der Waals surface area contributed by atoms with Crippen LogP contribution in [0.3, 0.4) is 0 Å². The van der Waals surface area contributed by atoms with E-state index in [-0.39, 0.29) is 11.7 Å². The predicted octanol–water partition coefficient (Wildman–Crippen LogP) is 0.645. The zero-order valence-electron chi connectivity index (χ0n) is 16.6. The summed E-state index contributed by atoms with van der Waals surface area (Å²) in [6.45, 7) is 7.15. The van der Waals surface area contributed by atoms with Gasteiger partial charge >= 0.3 is 0 Å². The number of aliphatic imine (C=N–C) groups is 1. The number of guanidine groups is 1. The first-order valence-corrected chi connectivity index (χ1v) is 9.33. The van der Waals surface area contributed by atoms with Gasteiger partial charge in [0.15, 0.2) is 5.96 Å². The summed E-state index contributed by atoms with van der Waals surface area (Å²) < 4.78 is 5.06. The van der Waals surface area contributed by atoms with E-state index in [0.29, 0.717) is 25.2 Å². The second-order valence-corrected chi connectivity index (χ2v) is 6.14. The van der Waals surface area contributed by atoms with Crippen LogP contribution in [0, 0.1) is 0 Å². The van der Waals surface area contributed by atoms with E-state index in [1.54, 1.807) is 19.2 Å². The van der Waals surface area contributed by atoms with Crippen LogP contribution in [-0.2, 0) is 4.74 Å². The van der Waals surface area contributed by atoms with Gasteiger partial charge in [-0.3, -0.25) is 9.79 Å². The van der Waals surface area contributed by atoms with Gasteiger partial charge in [0, 0.05) is 52.0 Å². The molecule has 0 aliphatic carbocycles. The summed E-state index contributed by atoms with van der Waals surface area (Å²) >= 11 is 0. The van der Waals surface area contributed by atoms with Gasteiger partial charge in [0.25, 0.3) is 5.91 Å². The molecule has 0 saturated heterocycles. The molecular weight excluding hydrogens is 346 g/mol. The Morgan fingerprint density at radius 2 is 1.85 bits per heavy atom. The lowest BCUT2D eigenvalue weighted by Gasteiger charge is -2.16. The maximum Gasteiger partial charge on any atom is 0.251 e. The summed E-state index contributed by atoms with van der Waals surface area (Å²) in [5.41, 5.74) is 0.518. The van der Waals surface area contributed by atoms with Crippen molar-refractivity contribution in [2.45, 2.75) is 13.3 Å². The Morgan fingerprint density at radius 3 is 2.52 bits per heavy atom. The van der Waals surface area contributed by atoms with Crippen molar-refractivity contribution in [1.29, 1.82) is 0 Å². The number of ether oxygens (including phenoxy) is 1. The number of amides is 1. The molecule has 0 heterocycles. The van der Waals surface area contributed by atoms with Crippen molar-refractivity contribution in [2.24, 2.45) is 4.99 Å². The summed E-state index contributed by atoms with van der Waals surface area (Å²) in [5, 5.41) is 18.5. The smallest absolute Gasteiger partial charge is 0.251 e. The molecule has 0 unspecified atom stereocenters. The minimum Gasteiger partial charge on any atom is -0.508 e. The maximum absolute atomic E-state index is 12.0. The van der Waals surface area contributed by atoms with Crippen LogP contribution >= 0.6 is 0 Å². The van der Waals surface area contributed by atoms with E-state index >= 15 is 0 Å². The molecule has 8 nitrogen and oxygen atoms in total. The van der Waals surface area contributed by atoms with Crippen molar-refractivity contribution in [3.05, 3.63) is 29.8 Å². The molecule has 0 atom stereocenters. The highest BCUT2D eigenvalue weighted by Crippen LogP contribution is 2.09. The summed E-state index contributed by atoms with van der Waals surface area (Å²) in [7, 11) is 3.79. The summed E-state index contributed by atoms with van der Waals surface area (Å²) in [6, 6.07) is 6.17. The van der Waals surface area contributed by atoms with Crippen LogP contribution in [0.25, 0.3) is 0 Å². The van der Waals surface area contributed by atoms with Gasteiger partial charge in [0.05, 0.1) is 6.54 Å². The average molecular weight is 380 g/mol. The third kappa shape index (κ3) is 10.4. The fraction of sp³-hybridized carbons (Fsp3) is 0.579. The molecule has 0 spiro atoms. The van der Waals surface area contributed by atoms with Gasteiger partial charge < -0.3 is 30.7 Å². The van der Waals surface area contributed by atoms with Crippen LogP contribution in [0.1, 0.15) is 23.7 Å². The van der Waals surface area contributed by atoms with Gasteiger partial charge in [-0.15, -0.1) is 0 Å². The van der Waals surface area contributed by atoms with Crippen molar-refractivity contribution in [1.82, 2.24) is 20.9 Å². The van der Waals surface area contributed by atoms with E-state index in [2.05, 4.69) is 32.9 Å². The Labute approximate surface area is 162 Å². The number of benzene rings is 1. The number of phenols is 1. The van der Waals surface area contributed by atoms with Crippen LogP contribution in [0.5, 0.6) is 5.75 Å². The minimum absolute atomic E-state index is 0.143. The SMILES string of the molecule is CCNC(=NCCN(C)CCCOC)NCCNC(=O)c1ccc(O)cc1. The van der Waals surface area contributed by atoms with Crippen molar-refractivity contribution < 1.29 is 14.6 Å². The van der Waals surface area contributed by atoms with Crippen LogP contribution < -0.4 is 16.0 Å². The largest absolute Gasteiger partial charge is 0.508 e. The van der Waals surface area contributed by atoms with Gasteiger partial charge in [-0.05, 0) is 44.7 Å². The van der Waals surface area contributed by atoms with Gasteiger partial charge in [0.1, 0.15) is 5.75 Å². The zero-order valence-corrected chi connectivity index (χ0v) is 16.6. The third-order valence-corrected chi connectivity index (χ3v) is 3.82. The fourth-order valence-electron chi connectivity index (χ4n) is 2.34. The van der Waals surface area contributed by atoms with Gasteiger partial charge in [-0.2, -0.15) is 0 Å². The molecular formula is C19H33N5O3. The highest BCUT2D eigenvalue weighted by molar-refractivity contribution is 5.94. The van der Waals surface area contributed by atoms with Crippen LogP contribution in [-0.4, -0.2) is 81.9 Å². The average Bonchev–Trinajstić information content (AvgIpc) is 2.65. The molecule has 0 aromatic heterocycles. The van der Waals surface area contributed by atoms with Crippen molar-refractivity contribution in [3.63, 3.8) is 0 Å². The lowest BCUT2D eigenvalue weighted by atomic mass is 10.2. The molecule has 0 bridgehead atoms. The number of methoxy groups -OCH3 is 1. The molecule has 1 amide bonds. The minimum atomic E-state index is -0.170. The van der Waals surface area contributed by atoms with E-state index in [1.807, 2.05) is 6.92 Å². The Morgan fingerprint density at radius 1 is 1.15 bits per heavy atom. The molecule has 8 heteroatoms. The number of nitrogens with zero attached hydrogens (tertiary/aromatic N) is 2. The van der Waals surface area contributed by atoms with E-state index in [4.69, 9.17) is 4.74 Å². The van der Waals surface area contributed by atoms with Crippen molar-refractivity contribution in [3.8, 4) is 5.75 Å². The van der Waals surface area contributed by atoms with Crippen molar-refractivity contribution >= 4 is 11.9 Å². The number of carbonyl (C=O) groups is 1. The van der Waals surface area contributed by atoms with Crippen LogP contribution in [0.15, 0.2) is 29.3 Å². The number of phenolic OH excluding ortho intramolecular Hbond substituents is 1. The van der Waals surface area contributed by atoms with E-state index in [1.165, 1.54) is 12.1 Å². The summed E-state index contributed by atoms with van der Waals surface area (Å²) in [4.78, 5) is 18.8. The standard InChI is InChI=1S/C19H33N5O3/c1-4-20-19(23-12-14-24(2)13-5-15-27-3)22-11-10-21-18(26)16-6-8-17(25)9-7-16/h6-9,25H,4-5,10-15H2,1-3H3,(H,21,26)(H2,20,22,23). The molecule has 1 rings (SSSR count). The molecule has 1 aromatic rings. The number of carbonyl (C=O) groups excluding carboxylic acids is 1. The molecule has 0 aliphatic rings. The topological polar surface area (TPSA) is 98.2 Å². The number of hydrogen-bond donors (Lipinski definition) is 4. The number of likely N-dealkylation sites (N-methyl/N-ethyl adjacent to an activating group) is 1. The summed E-state index contributed by atoms with van der Waals surface area (Å²) in [5.74, 6) is 0.710. The first-order valence-electron chi connectivity index (χ1n) is 9.33. The van der Waals surface area contributed by atoms with Crippen LogP contribution in [0.2, 0.25) is 0 Å². The lowest BCUT2D eigenvalue weighted by molar-refractivity contribution is 0.0954. The number of nitrogens with one attached hydrogen (secondary N) is 3. The normalized spacial score (nSPS) is 11.5. The molecule has 0 fully saturated rings. The Hall–Kier alpha value is -2.32. The fourth-order valence-corrected chi connectivity index (χ4v) is 2.34. The molecule has 27 heavy (non-hydrogen) atoms. The first-order chi connectivity index (χ1) is 13.1. The lowest BCUT2D eigenvalue weighted by Crippen LogP contribution is -2.42. The second kappa shape index (κ2) is 13.8. The third-order valence-electron chi connectivity index (χ3n) is 3.82. The Bertz CT molecular complexity index is 563. The molecule has 1 aromatic carbocycles. The monoisotopic (exact) mass is 379 g/mol. The predicted molar refractivity (Wildman–Crippen MR) is 108 cm³/mol. The quantitative estimate of drug-likeness (QED) is 0.242. The van der Waals surface area contributed by atoms with Gasteiger partial charge in [0.2, 0.25) is 0 Å². The molecule has 0 saturated carbocycles. The second-order valence-electron chi connectivity index (χ2n) is 6.14. The molecule has 0 aliphatic heterocycles. The molecule has 4 N–H and O–H groups in total. The van der Waals surface area contributed by atoms with Crippen molar-refractivity contribution in [2.75, 3.05) is 60.0 Å². The Balaban J connectivity index is 2.28. The molecule has 0 radical (unpaired) electrons. The summed E-state index contributed by atoms with van der Waals surface area (Å²) in [6.07, 6.45) is 1.01. The highest BCUT2D eigenvalue weighted by atomic mass is 16.5. The zero-order chi connectivity index (χ0) is 19.9. The maximum atomic E-state index is 12.0. The van der Waals surface area contributed by atoms with Crippen LogP contribution in [0.4, 0.5) is 0 Å². The van der Waals surface area contributed by atoms with E-state index in [9.17, 15) is 9.90 Å². The number of rotatable bonds is 12. The first kappa shape index (κ1) is 22.7.